The minimum Gasteiger partial charge on any atom is -0.271 e. The molecule has 1 unspecified atom stereocenters. The van der Waals surface area contributed by atoms with Gasteiger partial charge in [-0.05, 0) is 36.1 Å². The van der Waals surface area contributed by atoms with Gasteiger partial charge < -0.3 is 0 Å². The minimum atomic E-state index is -0.00539. The number of benzene rings is 1. The molecule has 1 heterocycles. The molecule has 3 nitrogen and oxygen atoms in total. The van der Waals surface area contributed by atoms with Crippen LogP contribution in [0.1, 0.15) is 22.7 Å². The summed E-state index contributed by atoms with van der Waals surface area (Å²) in [6.07, 6.45) is 4.09. The zero-order valence-electron chi connectivity index (χ0n) is 10.5. The Balaban J connectivity index is 2.31. The van der Waals surface area contributed by atoms with Gasteiger partial charge in [-0.25, -0.2) is 0 Å². The molecule has 0 aliphatic carbocycles. The lowest BCUT2D eigenvalue weighted by atomic mass is 9.98. The molecule has 1 aromatic carbocycles. The second-order valence-corrected chi connectivity index (χ2v) is 5.57. The Morgan fingerprint density at radius 1 is 1.42 bits per heavy atom. The molecule has 0 spiro atoms. The second kappa shape index (κ2) is 6.48. The van der Waals surface area contributed by atoms with Crippen LogP contribution < -0.4 is 11.3 Å². The Bertz CT molecular complexity index is 574. The summed E-state index contributed by atoms with van der Waals surface area (Å²) in [5.41, 5.74) is 6.17. The normalized spacial score (nSPS) is 12.4. The van der Waals surface area contributed by atoms with E-state index in [9.17, 15) is 0 Å². The number of nitrogens with zero attached hydrogens (tertiary/aromatic N) is 1. The Morgan fingerprint density at radius 3 is 2.89 bits per heavy atom. The SMILES string of the molecule is Cc1cccc(C(Cc2ccncc2Cl)NN)c1Br. The number of rotatable bonds is 4. The first kappa shape index (κ1) is 14.5. The van der Waals surface area contributed by atoms with Crippen molar-refractivity contribution in [3.8, 4) is 0 Å². The van der Waals surface area contributed by atoms with E-state index in [1.165, 1.54) is 5.56 Å². The van der Waals surface area contributed by atoms with Gasteiger partial charge in [0.2, 0.25) is 0 Å². The van der Waals surface area contributed by atoms with Crippen LogP contribution in [-0.2, 0) is 6.42 Å². The number of halogens is 2. The van der Waals surface area contributed by atoms with Gasteiger partial charge in [0.1, 0.15) is 0 Å². The Kier molecular flexibility index (Phi) is 4.93. The molecule has 100 valence electrons. The molecule has 0 aliphatic heterocycles. The van der Waals surface area contributed by atoms with Gasteiger partial charge in [0, 0.05) is 16.9 Å². The molecule has 1 atom stereocenters. The van der Waals surface area contributed by atoms with E-state index >= 15 is 0 Å². The molecule has 3 N–H and O–H groups in total. The van der Waals surface area contributed by atoms with Crippen LogP contribution in [0.3, 0.4) is 0 Å². The predicted molar refractivity (Wildman–Crippen MR) is 81.9 cm³/mol. The fourth-order valence-electron chi connectivity index (χ4n) is 1.99. The largest absolute Gasteiger partial charge is 0.271 e. The molecule has 0 saturated heterocycles. The van der Waals surface area contributed by atoms with E-state index in [4.69, 9.17) is 17.4 Å². The summed E-state index contributed by atoms with van der Waals surface area (Å²) in [4.78, 5) is 3.99. The number of hydrogen-bond donors (Lipinski definition) is 2. The first-order chi connectivity index (χ1) is 9.13. The molecule has 0 bridgehead atoms. The van der Waals surface area contributed by atoms with E-state index in [1.54, 1.807) is 12.4 Å². The number of pyridine rings is 1. The van der Waals surface area contributed by atoms with Crippen molar-refractivity contribution in [3.05, 3.63) is 62.8 Å². The molecule has 19 heavy (non-hydrogen) atoms. The minimum absolute atomic E-state index is 0.00539. The van der Waals surface area contributed by atoms with Crippen molar-refractivity contribution < 1.29 is 0 Å². The number of nitrogens with one attached hydrogen (secondary N) is 1. The molecule has 0 saturated carbocycles. The molecule has 2 rings (SSSR count). The topological polar surface area (TPSA) is 50.9 Å². The van der Waals surface area contributed by atoms with E-state index in [2.05, 4.69) is 45.4 Å². The van der Waals surface area contributed by atoms with E-state index in [-0.39, 0.29) is 6.04 Å². The zero-order chi connectivity index (χ0) is 13.8. The first-order valence-corrected chi connectivity index (χ1v) is 7.10. The lowest BCUT2D eigenvalue weighted by Gasteiger charge is -2.19. The second-order valence-electron chi connectivity index (χ2n) is 4.37. The van der Waals surface area contributed by atoms with Crippen molar-refractivity contribution in [1.29, 1.82) is 0 Å². The van der Waals surface area contributed by atoms with Gasteiger partial charge in [-0.3, -0.25) is 16.3 Å². The summed E-state index contributed by atoms with van der Waals surface area (Å²) in [5, 5.41) is 0.659. The molecule has 1 aromatic heterocycles. The standard InChI is InChI=1S/C14H15BrClN3/c1-9-3-2-4-11(14(9)15)13(19-17)7-10-5-6-18-8-12(10)16/h2-6,8,13,19H,7,17H2,1H3. The van der Waals surface area contributed by atoms with Gasteiger partial charge in [-0.15, -0.1) is 0 Å². The van der Waals surface area contributed by atoms with Crippen LogP contribution in [0.4, 0.5) is 0 Å². The maximum absolute atomic E-state index is 6.14. The third-order valence-corrected chi connectivity index (χ3v) is 4.50. The van der Waals surface area contributed by atoms with Crippen molar-refractivity contribution in [1.82, 2.24) is 10.4 Å². The molecular weight excluding hydrogens is 326 g/mol. The van der Waals surface area contributed by atoms with Crippen LogP contribution in [0.25, 0.3) is 0 Å². The maximum atomic E-state index is 6.14. The number of hydrogen-bond acceptors (Lipinski definition) is 3. The van der Waals surface area contributed by atoms with Gasteiger partial charge in [-0.1, -0.05) is 45.7 Å². The molecule has 0 radical (unpaired) electrons. The highest BCUT2D eigenvalue weighted by atomic mass is 79.9. The van der Waals surface area contributed by atoms with Gasteiger partial charge >= 0.3 is 0 Å². The van der Waals surface area contributed by atoms with Crippen molar-refractivity contribution in [2.45, 2.75) is 19.4 Å². The summed E-state index contributed by atoms with van der Waals surface area (Å²) < 4.78 is 1.07. The van der Waals surface area contributed by atoms with Crippen molar-refractivity contribution in [3.63, 3.8) is 0 Å². The smallest absolute Gasteiger partial charge is 0.0622 e. The lowest BCUT2D eigenvalue weighted by Crippen LogP contribution is -2.30. The maximum Gasteiger partial charge on any atom is 0.0622 e. The Morgan fingerprint density at radius 2 is 2.21 bits per heavy atom. The molecular formula is C14H15BrClN3. The highest BCUT2D eigenvalue weighted by molar-refractivity contribution is 9.10. The fraction of sp³-hybridized carbons (Fsp3) is 0.214. The predicted octanol–water partition coefficient (Wildman–Crippen LogP) is 3.55. The van der Waals surface area contributed by atoms with Crippen molar-refractivity contribution in [2.24, 2.45) is 5.84 Å². The highest BCUT2D eigenvalue weighted by Gasteiger charge is 2.16. The number of aryl methyl sites for hydroxylation is 1. The van der Waals surface area contributed by atoms with Gasteiger partial charge in [0.25, 0.3) is 0 Å². The highest BCUT2D eigenvalue weighted by Crippen LogP contribution is 2.29. The van der Waals surface area contributed by atoms with Crippen LogP contribution in [0.5, 0.6) is 0 Å². The Hall–Kier alpha value is -0.940. The molecule has 0 amide bonds. The van der Waals surface area contributed by atoms with Gasteiger partial charge in [-0.2, -0.15) is 0 Å². The monoisotopic (exact) mass is 339 g/mol. The van der Waals surface area contributed by atoms with Crippen LogP contribution in [0.15, 0.2) is 41.1 Å². The third-order valence-electron chi connectivity index (χ3n) is 3.08. The zero-order valence-corrected chi connectivity index (χ0v) is 12.9. The van der Waals surface area contributed by atoms with Crippen LogP contribution >= 0.6 is 27.5 Å². The summed E-state index contributed by atoms with van der Waals surface area (Å²) >= 11 is 9.75. The third kappa shape index (κ3) is 3.34. The molecule has 0 aliphatic rings. The van der Waals surface area contributed by atoms with E-state index in [1.807, 2.05) is 12.1 Å². The lowest BCUT2D eigenvalue weighted by molar-refractivity contribution is 0.549. The first-order valence-electron chi connectivity index (χ1n) is 5.93. The number of aromatic nitrogens is 1. The van der Waals surface area contributed by atoms with Gasteiger partial charge in [0.05, 0.1) is 11.1 Å². The summed E-state index contributed by atoms with van der Waals surface area (Å²) in [7, 11) is 0. The molecule has 5 heteroatoms. The van der Waals surface area contributed by atoms with Crippen LogP contribution in [-0.4, -0.2) is 4.98 Å². The van der Waals surface area contributed by atoms with Gasteiger partial charge in [0.15, 0.2) is 0 Å². The number of hydrazine groups is 1. The van der Waals surface area contributed by atoms with Crippen molar-refractivity contribution >= 4 is 27.5 Å². The molecule has 0 fully saturated rings. The van der Waals surface area contributed by atoms with Crippen molar-refractivity contribution in [2.75, 3.05) is 0 Å². The summed E-state index contributed by atoms with van der Waals surface area (Å²) in [5.74, 6) is 5.69. The van der Waals surface area contributed by atoms with Crippen LogP contribution in [0.2, 0.25) is 5.02 Å². The van der Waals surface area contributed by atoms with E-state index in [0.717, 1.165) is 15.6 Å². The summed E-state index contributed by atoms with van der Waals surface area (Å²) in [6.45, 7) is 2.06. The quantitative estimate of drug-likeness (QED) is 0.661. The fourth-order valence-corrected chi connectivity index (χ4v) is 2.72. The van der Waals surface area contributed by atoms with E-state index < -0.39 is 0 Å². The van der Waals surface area contributed by atoms with Crippen LogP contribution in [0, 0.1) is 6.92 Å². The van der Waals surface area contributed by atoms with E-state index in [0.29, 0.717) is 11.4 Å². The average Bonchev–Trinajstić information content (AvgIpc) is 2.41. The Labute approximate surface area is 126 Å². The molecule has 2 aromatic rings. The average molecular weight is 341 g/mol. The number of nitrogens with two attached hydrogens (primary N) is 1. The summed E-state index contributed by atoms with van der Waals surface area (Å²) in [6, 6.07) is 8.04.